The fourth-order valence-electron chi connectivity index (χ4n) is 4.76. The summed E-state index contributed by atoms with van der Waals surface area (Å²) in [6.45, 7) is 0.286. The van der Waals surface area contributed by atoms with Crippen LogP contribution in [0, 0.1) is 0 Å². The van der Waals surface area contributed by atoms with Gasteiger partial charge in [0.2, 0.25) is 0 Å². The first kappa shape index (κ1) is 18.7. The van der Waals surface area contributed by atoms with E-state index < -0.39 is 6.09 Å². The van der Waals surface area contributed by atoms with Gasteiger partial charge in [-0.25, -0.2) is 4.79 Å². The zero-order valence-corrected chi connectivity index (χ0v) is 17.4. The van der Waals surface area contributed by atoms with E-state index in [0.717, 1.165) is 22.6 Å². The van der Waals surface area contributed by atoms with Crippen LogP contribution in [-0.2, 0) is 11.2 Å². The summed E-state index contributed by atoms with van der Waals surface area (Å²) in [7, 11) is 0. The smallest absolute Gasteiger partial charge is 0.411 e. The molecular formula is C28H21NO3. The Morgan fingerprint density at radius 1 is 0.812 bits per heavy atom. The molecule has 0 spiro atoms. The maximum Gasteiger partial charge on any atom is 0.411 e. The molecule has 1 N–H and O–H groups in total. The molecule has 4 aromatic rings. The van der Waals surface area contributed by atoms with Crippen LogP contribution in [0.1, 0.15) is 28.2 Å². The molecule has 4 heteroatoms. The number of fused-ring (bicyclic) bond motifs is 5. The fourth-order valence-corrected chi connectivity index (χ4v) is 4.76. The highest BCUT2D eigenvalue weighted by Gasteiger charge is 2.29. The summed E-state index contributed by atoms with van der Waals surface area (Å²) in [4.78, 5) is 12.8. The van der Waals surface area contributed by atoms with Gasteiger partial charge in [0.25, 0.3) is 0 Å². The van der Waals surface area contributed by atoms with E-state index in [9.17, 15) is 4.79 Å². The van der Waals surface area contributed by atoms with Crippen LogP contribution in [-0.4, -0.2) is 12.7 Å². The van der Waals surface area contributed by atoms with Crippen molar-refractivity contribution in [3.05, 3.63) is 113 Å². The third kappa shape index (κ3) is 3.12. The lowest BCUT2D eigenvalue weighted by Crippen LogP contribution is -2.19. The second-order valence-electron chi connectivity index (χ2n) is 8.12. The number of nitrogens with one attached hydrogen (secondary N) is 1. The minimum absolute atomic E-state index is 0.0352. The van der Waals surface area contributed by atoms with Crippen LogP contribution in [0.5, 0.6) is 11.5 Å². The Kier molecular flexibility index (Phi) is 4.43. The van der Waals surface area contributed by atoms with E-state index >= 15 is 0 Å². The predicted octanol–water partition coefficient (Wildman–Crippen LogP) is 6.74. The molecule has 1 aliphatic carbocycles. The van der Waals surface area contributed by atoms with Crippen molar-refractivity contribution < 1.29 is 14.3 Å². The number of benzene rings is 4. The zero-order valence-electron chi connectivity index (χ0n) is 17.4. The second-order valence-corrected chi connectivity index (χ2v) is 8.12. The van der Waals surface area contributed by atoms with Crippen LogP contribution in [0.25, 0.3) is 11.1 Å². The number of hydrogen-bond acceptors (Lipinski definition) is 3. The van der Waals surface area contributed by atoms with E-state index in [1.54, 1.807) is 0 Å². The Balaban J connectivity index is 1.20. The number of rotatable bonds is 3. The topological polar surface area (TPSA) is 47.6 Å². The van der Waals surface area contributed by atoms with Crippen LogP contribution in [0.4, 0.5) is 10.5 Å². The molecule has 6 rings (SSSR count). The Labute approximate surface area is 186 Å². The first-order valence-electron chi connectivity index (χ1n) is 10.8. The van der Waals surface area contributed by atoms with Crippen molar-refractivity contribution in [2.75, 3.05) is 11.9 Å². The monoisotopic (exact) mass is 419 g/mol. The van der Waals surface area contributed by atoms with Crippen LogP contribution in [0.15, 0.2) is 91.0 Å². The lowest BCUT2D eigenvalue weighted by Gasteiger charge is -2.22. The number of hydrogen-bond donors (Lipinski definition) is 1. The minimum Gasteiger partial charge on any atom is -0.457 e. The highest BCUT2D eigenvalue weighted by atomic mass is 16.5. The Hall–Kier alpha value is -4.05. The van der Waals surface area contributed by atoms with Gasteiger partial charge in [0.15, 0.2) is 0 Å². The van der Waals surface area contributed by atoms with Crippen molar-refractivity contribution in [1.29, 1.82) is 0 Å². The van der Waals surface area contributed by atoms with Crippen molar-refractivity contribution in [3.63, 3.8) is 0 Å². The Morgan fingerprint density at radius 2 is 1.47 bits per heavy atom. The molecule has 32 heavy (non-hydrogen) atoms. The van der Waals surface area contributed by atoms with Gasteiger partial charge in [-0.1, -0.05) is 72.8 Å². The number of para-hydroxylation sites is 1. The lowest BCUT2D eigenvalue weighted by atomic mass is 9.98. The van der Waals surface area contributed by atoms with E-state index in [1.165, 1.54) is 22.3 Å². The highest BCUT2D eigenvalue weighted by molar-refractivity contribution is 5.87. The molecule has 1 heterocycles. The van der Waals surface area contributed by atoms with Gasteiger partial charge in [0.05, 0.1) is 5.69 Å². The molecule has 1 aliphatic heterocycles. The molecule has 2 aliphatic rings. The van der Waals surface area contributed by atoms with Gasteiger partial charge in [0.1, 0.15) is 18.1 Å². The molecular weight excluding hydrogens is 398 g/mol. The van der Waals surface area contributed by atoms with Gasteiger partial charge in [-0.2, -0.15) is 0 Å². The molecule has 0 radical (unpaired) electrons. The largest absolute Gasteiger partial charge is 0.457 e. The molecule has 0 fully saturated rings. The van der Waals surface area contributed by atoms with E-state index in [0.29, 0.717) is 12.1 Å². The van der Waals surface area contributed by atoms with Gasteiger partial charge in [-0.3, -0.25) is 5.32 Å². The van der Waals surface area contributed by atoms with Gasteiger partial charge < -0.3 is 9.47 Å². The number of carbonyl (C=O) groups is 1. The maximum atomic E-state index is 12.8. The second kappa shape index (κ2) is 7.57. The molecule has 0 bridgehead atoms. The van der Waals surface area contributed by atoms with Crippen LogP contribution in [0.3, 0.4) is 0 Å². The highest BCUT2D eigenvalue weighted by Crippen LogP contribution is 2.44. The van der Waals surface area contributed by atoms with Crippen molar-refractivity contribution in [2.45, 2.75) is 12.3 Å². The third-order valence-electron chi connectivity index (χ3n) is 6.27. The Morgan fingerprint density at radius 3 is 2.25 bits per heavy atom. The zero-order chi connectivity index (χ0) is 21.5. The van der Waals surface area contributed by atoms with Crippen molar-refractivity contribution in [2.24, 2.45) is 0 Å². The maximum absolute atomic E-state index is 12.8. The molecule has 0 saturated carbocycles. The van der Waals surface area contributed by atoms with Gasteiger partial charge in [-0.15, -0.1) is 0 Å². The Bertz CT molecular complexity index is 1300. The number of amides is 1. The molecule has 4 nitrogen and oxygen atoms in total. The SMILES string of the molecule is O=C(Nc1cccc2c1Cc1ccccc1O2)OCC1c2ccccc2-c2ccccc21. The number of carbonyl (C=O) groups excluding carboxylic acids is 1. The molecule has 0 saturated heterocycles. The van der Waals surface area contributed by atoms with Crippen LogP contribution >= 0.6 is 0 Å². The molecule has 0 unspecified atom stereocenters. The lowest BCUT2D eigenvalue weighted by molar-refractivity contribution is 0.158. The summed E-state index contributed by atoms with van der Waals surface area (Å²) in [6.07, 6.45) is 0.241. The van der Waals surface area contributed by atoms with Crippen LogP contribution in [0.2, 0.25) is 0 Å². The molecule has 0 aromatic heterocycles. The van der Waals surface area contributed by atoms with E-state index in [2.05, 4.69) is 29.6 Å². The minimum atomic E-state index is -0.459. The third-order valence-corrected chi connectivity index (χ3v) is 6.27. The van der Waals surface area contributed by atoms with E-state index in [-0.39, 0.29) is 12.5 Å². The summed E-state index contributed by atoms with van der Waals surface area (Å²) in [5.41, 5.74) is 7.60. The fraction of sp³-hybridized carbons (Fsp3) is 0.107. The van der Waals surface area contributed by atoms with E-state index in [4.69, 9.17) is 9.47 Å². The van der Waals surface area contributed by atoms with Crippen molar-refractivity contribution in [3.8, 4) is 22.6 Å². The first-order valence-corrected chi connectivity index (χ1v) is 10.8. The molecule has 156 valence electrons. The quantitative estimate of drug-likeness (QED) is 0.352. The van der Waals surface area contributed by atoms with Gasteiger partial charge in [0, 0.05) is 17.9 Å². The predicted molar refractivity (Wildman–Crippen MR) is 124 cm³/mol. The molecule has 0 atom stereocenters. The standard InChI is InChI=1S/C28H21NO3/c30-28(29-25-13-7-15-27-23(25)16-18-8-1-6-14-26(18)32-27)31-17-24-21-11-4-2-9-19(21)20-10-3-5-12-22(20)24/h1-15,24H,16-17H2,(H,29,30). The summed E-state index contributed by atoms with van der Waals surface area (Å²) < 4.78 is 11.7. The van der Waals surface area contributed by atoms with E-state index in [1.807, 2.05) is 66.7 Å². The summed E-state index contributed by atoms with van der Waals surface area (Å²) in [5.74, 6) is 1.66. The average molecular weight is 419 g/mol. The summed E-state index contributed by atoms with van der Waals surface area (Å²) in [5, 5.41) is 2.93. The van der Waals surface area contributed by atoms with Crippen LogP contribution < -0.4 is 10.1 Å². The van der Waals surface area contributed by atoms with Crippen molar-refractivity contribution in [1.82, 2.24) is 0 Å². The normalized spacial score (nSPS) is 13.2. The average Bonchev–Trinajstić information content (AvgIpc) is 3.15. The molecule has 1 amide bonds. The van der Waals surface area contributed by atoms with Crippen molar-refractivity contribution >= 4 is 11.8 Å². The molecule has 4 aromatic carbocycles. The summed E-state index contributed by atoms with van der Waals surface area (Å²) >= 11 is 0. The number of ether oxygens (including phenoxy) is 2. The van der Waals surface area contributed by atoms with Gasteiger partial charge >= 0.3 is 6.09 Å². The van der Waals surface area contributed by atoms with Gasteiger partial charge in [-0.05, 0) is 46.0 Å². The number of anilines is 1. The summed E-state index contributed by atoms with van der Waals surface area (Å²) in [6, 6.07) is 30.3. The first-order chi connectivity index (χ1) is 15.8.